The maximum atomic E-state index is 13.3. The molecule has 1 amide bonds. The van der Waals surface area contributed by atoms with Gasteiger partial charge in [0.1, 0.15) is 5.82 Å². The molecule has 1 atom stereocenters. The van der Waals surface area contributed by atoms with Crippen LogP contribution < -0.4 is 5.32 Å². The van der Waals surface area contributed by atoms with E-state index in [9.17, 15) is 9.18 Å². The molecule has 0 saturated heterocycles. The number of rotatable bonds is 6. The van der Waals surface area contributed by atoms with Crippen LogP contribution in [0.1, 0.15) is 16.8 Å². The molecule has 100 valence electrons. The Balaban J connectivity index is 2.70. The van der Waals surface area contributed by atoms with Crippen LogP contribution in [0.5, 0.6) is 0 Å². The molecular weight excluding hydrogens is 321 g/mol. The first-order chi connectivity index (χ1) is 8.58. The van der Waals surface area contributed by atoms with E-state index in [0.717, 1.165) is 0 Å². The number of carbonyl (C=O) groups is 1. The second-order valence-electron chi connectivity index (χ2n) is 3.77. The predicted molar refractivity (Wildman–Crippen MR) is 75.4 cm³/mol. The molecule has 0 bridgehead atoms. The first-order valence-corrected chi connectivity index (χ1v) is 7.63. The smallest absolute Gasteiger partial charge is 0.251 e. The summed E-state index contributed by atoms with van der Waals surface area (Å²) in [5.74, 6) is -0.0779. The monoisotopic (exact) mass is 335 g/mol. The van der Waals surface area contributed by atoms with Gasteiger partial charge in [-0.15, -0.1) is 0 Å². The normalized spacial score (nSPS) is 12.2. The van der Waals surface area contributed by atoms with Gasteiger partial charge in [-0.25, -0.2) is 4.39 Å². The maximum absolute atomic E-state index is 13.3. The van der Waals surface area contributed by atoms with Crippen LogP contribution in [-0.2, 0) is 0 Å². The van der Waals surface area contributed by atoms with Crippen LogP contribution in [0.15, 0.2) is 22.7 Å². The highest BCUT2D eigenvalue weighted by atomic mass is 79.9. The molecule has 0 aromatic heterocycles. The van der Waals surface area contributed by atoms with Crippen LogP contribution >= 0.6 is 27.7 Å². The Kier molecular flexibility index (Phi) is 6.67. The van der Waals surface area contributed by atoms with Crippen molar-refractivity contribution in [3.8, 4) is 0 Å². The summed E-state index contributed by atoms with van der Waals surface area (Å²) >= 11 is 4.62. The molecule has 0 aliphatic heterocycles. The van der Waals surface area contributed by atoms with Crippen LogP contribution in [0.4, 0.5) is 4.39 Å². The summed E-state index contributed by atoms with van der Waals surface area (Å²) < 4.78 is 13.6. The number of halogens is 2. The minimum Gasteiger partial charge on any atom is -0.396 e. The summed E-state index contributed by atoms with van der Waals surface area (Å²) in [6.45, 7) is 0.0141. The molecule has 0 spiro atoms. The fourth-order valence-corrected chi connectivity index (χ4v) is 2.36. The van der Waals surface area contributed by atoms with Gasteiger partial charge in [0.25, 0.3) is 5.91 Å². The number of benzene rings is 1. The number of hydrogen-bond acceptors (Lipinski definition) is 3. The SMILES string of the molecule is CSCC(CCO)NC(=O)c1ccc(Br)c(F)c1. The van der Waals surface area contributed by atoms with Crippen LogP contribution in [0.2, 0.25) is 0 Å². The Morgan fingerprint density at radius 1 is 1.61 bits per heavy atom. The number of hydrogen-bond donors (Lipinski definition) is 2. The molecule has 2 N–H and O–H groups in total. The standard InChI is InChI=1S/C12H15BrFNO2S/c1-18-7-9(4-5-16)15-12(17)8-2-3-10(13)11(14)6-8/h2-3,6,9,16H,4-5,7H2,1H3,(H,15,17). The fourth-order valence-electron chi connectivity index (χ4n) is 1.46. The van der Waals surface area contributed by atoms with E-state index in [-0.39, 0.29) is 24.1 Å². The summed E-state index contributed by atoms with van der Waals surface area (Å²) in [5.41, 5.74) is 0.278. The van der Waals surface area contributed by atoms with E-state index in [4.69, 9.17) is 5.11 Å². The molecule has 0 aliphatic rings. The average molecular weight is 336 g/mol. The number of carbonyl (C=O) groups excluding carboxylic acids is 1. The predicted octanol–water partition coefficient (Wildman–Crippen LogP) is 2.43. The highest BCUT2D eigenvalue weighted by molar-refractivity contribution is 9.10. The zero-order chi connectivity index (χ0) is 13.5. The number of amides is 1. The van der Waals surface area contributed by atoms with Crippen LogP contribution in [-0.4, -0.2) is 35.7 Å². The van der Waals surface area contributed by atoms with Gasteiger partial charge in [0.2, 0.25) is 0 Å². The third-order valence-corrected chi connectivity index (χ3v) is 3.74. The Bertz CT molecular complexity index is 411. The van der Waals surface area contributed by atoms with Crippen molar-refractivity contribution in [3.63, 3.8) is 0 Å². The van der Waals surface area contributed by atoms with Crippen molar-refractivity contribution >= 4 is 33.6 Å². The van der Waals surface area contributed by atoms with Crippen molar-refractivity contribution < 1.29 is 14.3 Å². The van der Waals surface area contributed by atoms with Gasteiger partial charge in [-0.3, -0.25) is 4.79 Å². The fraction of sp³-hybridized carbons (Fsp3) is 0.417. The van der Waals surface area contributed by atoms with E-state index in [1.807, 2.05) is 6.26 Å². The Morgan fingerprint density at radius 3 is 2.89 bits per heavy atom. The first kappa shape index (κ1) is 15.5. The van der Waals surface area contributed by atoms with Gasteiger partial charge in [0.15, 0.2) is 0 Å². The molecule has 0 heterocycles. The van der Waals surface area contributed by atoms with Gasteiger partial charge in [0, 0.05) is 24.0 Å². The molecule has 1 unspecified atom stereocenters. The lowest BCUT2D eigenvalue weighted by atomic mass is 10.2. The van der Waals surface area contributed by atoms with Gasteiger partial charge in [-0.05, 0) is 46.8 Å². The molecule has 6 heteroatoms. The molecule has 1 aromatic carbocycles. The van der Waals surface area contributed by atoms with Crippen molar-refractivity contribution in [2.24, 2.45) is 0 Å². The zero-order valence-corrected chi connectivity index (χ0v) is 12.4. The van der Waals surface area contributed by atoms with E-state index < -0.39 is 5.82 Å². The summed E-state index contributed by atoms with van der Waals surface area (Å²) in [5, 5.41) is 11.7. The Morgan fingerprint density at radius 2 is 2.33 bits per heavy atom. The summed E-state index contributed by atoms with van der Waals surface area (Å²) in [4.78, 5) is 11.9. The largest absolute Gasteiger partial charge is 0.396 e. The molecule has 0 saturated carbocycles. The van der Waals surface area contributed by atoms with Gasteiger partial charge in [-0.2, -0.15) is 11.8 Å². The maximum Gasteiger partial charge on any atom is 0.251 e. The molecule has 3 nitrogen and oxygen atoms in total. The lowest BCUT2D eigenvalue weighted by Gasteiger charge is -2.16. The van der Waals surface area contributed by atoms with Crippen molar-refractivity contribution in [1.29, 1.82) is 0 Å². The molecule has 0 radical (unpaired) electrons. The van der Waals surface area contributed by atoms with E-state index in [1.165, 1.54) is 12.1 Å². The summed E-state index contributed by atoms with van der Waals surface area (Å²) in [6.07, 6.45) is 2.42. The second kappa shape index (κ2) is 7.76. The zero-order valence-electron chi connectivity index (χ0n) is 9.95. The minimum absolute atomic E-state index is 0.0141. The van der Waals surface area contributed by atoms with E-state index in [0.29, 0.717) is 16.6 Å². The summed E-state index contributed by atoms with van der Waals surface area (Å²) in [6, 6.07) is 4.13. The van der Waals surface area contributed by atoms with Crippen LogP contribution in [0.25, 0.3) is 0 Å². The van der Waals surface area contributed by atoms with Crippen molar-refractivity contribution in [2.45, 2.75) is 12.5 Å². The van der Waals surface area contributed by atoms with Gasteiger partial charge >= 0.3 is 0 Å². The minimum atomic E-state index is -0.466. The molecule has 1 aromatic rings. The number of aliphatic hydroxyl groups is 1. The molecule has 0 fully saturated rings. The Hall–Kier alpha value is -0.590. The van der Waals surface area contributed by atoms with Crippen molar-refractivity contribution in [3.05, 3.63) is 34.1 Å². The molecule has 0 aliphatic carbocycles. The summed E-state index contributed by atoms with van der Waals surface area (Å²) in [7, 11) is 0. The van der Waals surface area contributed by atoms with E-state index in [1.54, 1.807) is 17.8 Å². The number of aliphatic hydroxyl groups excluding tert-OH is 1. The quantitative estimate of drug-likeness (QED) is 0.839. The number of nitrogens with one attached hydrogen (secondary N) is 1. The third kappa shape index (κ3) is 4.59. The lowest BCUT2D eigenvalue weighted by Crippen LogP contribution is -2.37. The third-order valence-electron chi connectivity index (χ3n) is 2.36. The molecular formula is C12H15BrFNO2S. The topological polar surface area (TPSA) is 49.3 Å². The van der Waals surface area contributed by atoms with Crippen molar-refractivity contribution in [2.75, 3.05) is 18.6 Å². The first-order valence-electron chi connectivity index (χ1n) is 5.44. The van der Waals surface area contributed by atoms with Crippen LogP contribution in [0, 0.1) is 5.82 Å². The van der Waals surface area contributed by atoms with Gasteiger partial charge in [-0.1, -0.05) is 0 Å². The van der Waals surface area contributed by atoms with Crippen LogP contribution in [0.3, 0.4) is 0 Å². The molecule has 1 rings (SSSR count). The van der Waals surface area contributed by atoms with Crippen molar-refractivity contribution in [1.82, 2.24) is 5.32 Å². The highest BCUT2D eigenvalue weighted by Crippen LogP contribution is 2.16. The highest BCUT2D eigenvalue weighted by Gasteiger charge is 2.14. The van der Waals surface area contributed by atoms with E-state index in [2.05, 4.69) is 21.2 Å². The number of thioether (sulfide) groups is 1. The second-order valence-corrected chi connectivity index (χ2v) is 5.53. The molecule has 18 heavy (non-hydrogen) atoms. The average Bonchev–Trinajstić information content (AvgIpc) is 2.33. The lowest BCUT2D eigenvalue weighted by molar-refractivity contribution is 0.0935. The Labute approximate surface area is 118 Å². The van der Waals surface area contributed by atoms with Gasteiger partial charge in [0.05, 0.1) is 4.47 Å². The van der Waals surface area contributed by atoms with E-state index >= 15 is 0 Å². The van der Waals surface area contributed by atoms with Gasteiger partial charge < -0.3 is 10.4 Å².